The minimum atomic E-state index is 0.00649. The van der Waals surface area contributed by atoms with Crippen LogP contribution in [-0.4, -0.2) is 66.4 Å². The monoisotopic (exact) mass is 322 g/mol. The first kappa shape index (κ1) is 17.3. The summed E-state index contributed by atoms with van der Waals surface area (Å²) in [5.74, 6) is 0.653. The Morgan fingerprint density at radius 1 is 1.48 bits per heavy atom. The summed E-state index contributed by atoms with van der Waals surface area (Å²) in [6.07, 6.45) is 3.63. The molecule has 1 aromatic heterocycles. The molecule has 0 saturated carbocycles. The third-order valence-electron chi connectivity index (χ3n) is 3.79. The molecular formula is C15H26N6O2. The number of carbonyl (C=O) groups is 1. The lowest BCUT2D eigenvalue weighted by Crippen LogP contribution is -2.48. The van der Waals surface area contributed by atoms with E-state index in [-0.39, 0.29) is 12.5 Å². The summed E-state index contributed by atoms with van der Waals surface area (Å²) in [6, 6.07) is 2.25. The average molecular weight is 322 g/mol. The zero-order valence-electron chi connectivity index (χ0n) is 14.1. The van der Waals surface area contributed by atoms with Gasteiger partial charge in [0.15, 0.2) is 5.96 Å². The zero-order chi connectivity index (χ0) is 16.7. The van der Waals surface area contributed by atoms with Gasteiger partial charge in [-0.05, 0) is 18.9 Å². The Balaban J connectivity index is 1.97. The normalized spacial score (nSPS) is 16.2. The van der Waals surface area contributed by atoms with E-state index in [1.807, 2.05) is 13.1 Å². The largest absolute Gasteiger partial charge is 0.381 e. The summed E-state index contributed by atoms with van der Waals surface area (Å²) in [5, 5.41) is 10.6. The van der Waals surface area contributed by atoms with Gasteiger partial charge in [0.1, 0.15) is 0 Å². The molecule has 1 amide bonds. The van der Waals surface area contributed by atoms with Crippen LogP contribution in [0.4, 0.5) is 0 Å². The molecule has 1 aliphatic rings. The molecule has 1 aliphatic heterocycles. The van der Waals surface area contributed by atoms with Crippen molar-refractivity contribution in [1.29, 1.82) is 0 Å². The predicted octanol–water partition coefficient (Wildman–Crippen LogP) is -0.277. The number of guanidine groups is 1. The minimum Gasteiger partial charge on any atom is -0.381 e. The molecule has 1 fully saturated rings. The maximum atomic E-state index is 11.8. The van der Waals surface area contributed by atoms with Crippen LogP contribution in [0.25, 0.3) is 0 Å². The minimum absolute atomic E-state index is 0.00649. The van der Waals surface area contributed by atoms with E-state index in [1.54, 1.807) is 29.9 Å². The summed E-state index contributed by atoms with van der Waals surface area (Å²) < 4.78 is 7.17. The van der Waals surface area contributed by atoms with E-state index in [2.05, 4.69) is 20.7 Å². The third kappa shape index (κ3) is 5.55. The zero-order valence-corrected chi connectivity index (χ0v) is 14.1. The second-order valence-electron chi connectivity index (χ2n) is 5.78. The van der Waals surface area contributed by atoms with Crippen LogP contribution in [-0.2, 0) is 23.1 Å². The lowest BCUT2D eigenvalue weighted by Gasteiger charge is -2.25. The van der Waals surface area contributed by atoms with Crippen molar-refractivity contribution in [3.63, 3.8) is 0 Å². The van der Waals surface area contributed by atoms with Crippen LogP contribution in [0.1, 0.15) is 18.5 Å². The molecule has 2 heterocycles. The molecule has 0 radical (unpaired) electrons. The molecule has 0 unspecified atom stereocenters. The number of hydrogen-bond acceptors (Lipinski definition) is 4. The number of carbonyl (C=O) groups excluding carboxylic acids is 1. The highest BCUT2D eigenvalue weighted by molar-refractivity contribution is 5.86. The van der Waals surface area contributed by atoms with E-state index >= 15 is 0 Å². The Kier molecular flexibility index (Phi) is 6.40. The Morgan fingerprint density at radius 2 is 2.22 bits per heavy atom. The van der Waals surface area contributed by atoms with Crippen LogP contribution in [0, 0.1) is 0 Å². The van der Waals surface area contributed by atoms with Crippen molar-refractivity contribution < 1.29 is 9.53 Å². The summed E-state index contributed by atoms with van der Waals surface area (Å²) in [5.41, 5.74) is 1.01. The van der Waals surface area contributed by atoms with Gasteiger partial charge in [0.2, 0.25) is 5.91 Å². The quantitative estimate of drug-likeness (QED) is 0.575. The smallest absolute Gasteiger partial charge is 0.241 e. The van der Waals surface area contributed by atoms with Gasteiger partial charge >= 0.3 is 0 Å². The van der Waals surface area contributed by atoms with Gasteiger partial charge in [0.25, 0.3) is 0 Å². The van der Waals surface area contributed by atoms with Gasteiger partial charge in [-0.1, -0.05) is 0 Å². The number of nitrogens with one attached hydrogen (secondary N) is 2. The summed E-state index contributed by atoms with van der Waals surface area (Å²) in [6.45, 7) is 2.23. The molecule has 1 saturated heterocycles. The second kappa shape index (κ2) is 8.52. The van der Waals surface area contributed by atoms with E-state index in [1.165, 1.54) is 0 Å². The van der Waals surface area contributed by atoms with E-state index in [4.69, 9.17) is 4.74 Å². The van der Waals surface area contributed by atoms with E-state index in [9.17, 15) is 4.79 Å². The van der Waals surface area contributed by atoms with E-state index in [0.717, 1.165) is 31.7 Å². The molecule has 23 heavy (non-hydrogen) atoms. The number of likely N-dealkylation sites (N-methyl/N-ethyl adjacent to an activating group) is 1. The lowest BCUT2D eigenvalue weighted by atomic mass is 10.1. The van der Waals surface area contributed by atoms with Crippen molar-refractivity contribution in [3.8, 4) is 0 Å². The fourth-order valence-corrected chi connectivity index (χ4v) is 2.22. The predicted molar refractivity (Wildman–Crippen MR) is 88.0 cm³/mol. The van der Waals surface area contributed by atoms with Crippen LogP contribution in [0.15, 0.2) is 17.3 Å². The molecule has 2 N–H and O–H groups in total. The molecule has 0 aliphatic carbocycles. The number of aromatic nitrogens is 2. The number of amides is 1. The molecule has 0 spiro atoms. The molecule has 8 heteroatoms. The number of hydrogen-bond donors (Lipinski definition) is 2. The molecule has 0 atom stereocenters. The summed E-state index contributed by atoms with van der Waals surface area (Å²) in [4.78, 5) is 17.9. The van der Waals surface area contributed by atoms with Crippen molar-refractivity contribution in [2.24, 2.45) is 12.0 Å². The van der Waals surface area contributed by atoms with Crippen LogP contribution >= 0.6 is 0 Å². The van der Waals surface area contributed by atoms with Crippen LogP contribution in [0.3, 0.4) is 0 Å². The molecular weight excluding hydrogens is 296 g/mol. The Hall–Kier alpha value is -2.09. The van der Waals surface area contributed by atoms with Crippen molar-refractivity contribution in [2.45, 2.75) is 25.4 Å². The number of aryl methyl sites for hydroxylation is 1. The summed E-state index contributed by atoms with van der Waals surface area (Å²) in [7, 11) is 5.37. The summed E-state index contributed by atoms with van der Waals surface area (Å²) >= 11 is 0. The molecule has 128 valence electrons. The number of nitrogens with zero attached hydrogens (tertiary/aromatic N) is 4. The number of rotatable bonds is 5. The van der Waals surface area contributed by atoms with E-state index in [0.29, 0.717) is 18.5 Å². The van der Waals surface area contributed by atoms with Crippen molar-refractivity contribution >= 4 is 11.9 Å². The maximum absolute atomic E-state index is 11.8. The molecule has 2 rings (SSSR count). The number of ether oxygens (including phenoxy) is 1. The topological polar surface area (TPSA) is 83.8 Å². The first-order valence-corrected chi connectivity index (χ1v) is 7.86. The van der Waals surface area contributed by atoms with Crippen molar-refractivity contribution in [3.05, 3.63) is 18.0 Å². The Bertz CT molecular complexity index is 534. The highest BCUT2D eigenvalue weighted by Gasteiger charge is 2.16. The number of aliphatic imine (C=N–C) groups is 1. The van der Waals surface area contributed by atoms with Crippen LogP contribution < -0.4 is 10.6 Å². The van der Waals surface area contributed by atoms with Gasteiger partial charge < -0.3 is 20.3 Å². The second-order valence-corrected chi connectivity index (χ2v) is 5.78. The SMILES string of the molecule is CN(C)C(=O)CNC(=NCc1ccnn1C)NC1CCOCC1. The first-order valence-electron chi connectivity index (χ1n) is 7.86. The Morgan fingerprint density at radius 3 is 2.83 bits per heavy atom. The fraction of sp³-hybridized carbons (Fsp3) is 0.667. The standard InChI is InChI=1S/C15H26N6O2/c1-20(2)14(22)11-17-15(19-12-5-8-23-9-6-12)16-10-13-4-7-18-21(13)3/h4,7,12H,5-6,8-11H2,1-3H3,(H2,16,17,19). The molecule has 0 aromatic carbocycles. The average Bonchev–Trinajstić information content (AvgIpc) is 2.95. The van der Waals surface area contributed by atoms with E-state index < -0.39 is 0 Å². The van der Waals surface area contributed by atoms with Crippen molar-refractivity contribution in [2.75, 3.05) is 33.9 Å². The molecule has 1 aromatic rings. The van der Waals surface area contributed by atoms with Gasteiger partial charge in [-0.3, -0.25) is 9.48 Å². The lowest BCUT2D eigenvalue weighted by molar-refractivity contribution is -0.127. The van der Waals surface area contributed by atoms with Gasteiger partial charge in [-0.15, -0.1) is 0 Å². The highest BCUT2D eigenvalue weighted by atomic mass is 16.5. The third-order valence-corrected chi connectivity index (χ3v) is 3.79. The molecule has 8 nitrogen and oxygen atoms in total. The van der Waals surface area contributed by atoms with Crippen molar-refractivity contribution in [1.82, 2.24) is 25.3 Å². The molecule has 0 bridgehead atoms. The van der Waals surface area contributed by atoms with Gasteiger partial charge in [-0.25, -0.2) is 4.99 Å². The maximum Gasteiger partial charge on any atom is 0.241 e. The van der Waals surface area contributed by atoms with Gasteiger partial charge in [0.05, 0.1) is 18.8 Å². The first-order chi connectivity index (χ1) is 11.1. The van der Waals surface area contributed by atoms with Crippen LogP contribution in [0.5, 0.6) is 0 Å². The van der Waals surface area contributed by atoms with Gasteiger partial charge in [-0.2, -0.15) is 5.10 Å². The van der Waals surface area contributed by atoms with Crippen LogP contribution in [0.2, 0.25) is 0 Å². The highest BCUT2D eigenvalue weighted by Crippen LogP contribution is 2.06. The fourth-order valence-electron chi connectivity index (χ4n) is 2.22. The van der Waals surface area contributed by atoms with Gasteiger partial charge in [0, 0.05) is 46.6 Å². The Labute approximate surface area is 136 Å².